The highest BCUT2D eigenvalue weighted by molar-refractivity contribution is 6.06. The maximum atomic E-state index is 12.8. The number of benzene rings is 3. The number of fused-ring (bicyclic) bond motifs is 1. The van der Waals surface area contributed by atoms with Crippen LogP contribution in [0.2, 0.25) is 0 Å². The van der Waals surface area contributed by atoms with Crippen molar-refractivity contribution in [3.05, 3.63) is 90.1 Å². The summed E-state index contributed by atoms with van der Waals surface area (Å²) in [6, 6.07) is 26.4. The molecule has 0 radical (unpaired) electrons. The van der Waals surface area contributed by atoms with E-state index in [1.165, 1.54) is 12.1 Å². The number of aromatic nitrogens is 1. The molecule has 1 aromatic heterocycles. The van der Waals surface area contributed by atoms with E-state index in [0.717, 1.165) is 41.0 Å². The molecule has 5 rings (SSSR count). The first kappa shape index (κ1) is 22.0. The summed E-state index contributed by atoms with van der Waals surface area (Å²) >= 11 is 0. The van der Waals surface area contributed by atoms with E-state index in [9.17, 15) is 4.79 Å². The van der Waals surface area contributed by atoms with E-state index in [2.05, 4.69) is 46.3 Å². The van der Waals surface area contributed by atoms with Crippen LogP contribution in [-0.2, 0) is 6.61 Å². The zero-order valence-corrected chi connectivity index (χ0v) is 19.6. The van der Waals surface area contributed by atoms with Crippen LogP contribution in [0.1, 0.15) is 22.5 Å². The van der Waals surface area contributed by atoms with Gasteiger partial charge in [0.15, 0.2) is 0 Å². The Hall–Kier alpha value is -3.77. The molecule has 4 aromatic rings. The van der Waals surface area contributed by atoms with Crippen LogP contribution in [0, 0.1) is 0 Å². The summed E-state index contributed by atoms with van der Waals surface area (Å²) in [5.74, 6) is 0.612. The summed E-state index contributed by atoms with van der Waals surface area (Å²) in [6.45, 7) is 2.60. The number of nitrogens with one attached hydrogen (secondary N) is 2. The Balaban J connectivity index is 1.22. The summed E-state index contributed by atoms with van der Waals surface area (Å²) in [6.07, 6.45) is 1.17. The van der Waals surface area contributed by atoms with Crippen molar-refractivity contribution in [1.29, 1.82) is 0 Å². The monoisotopic (exact) mass is 454 g/mol. The normalized spacial score (nSPS) is 15.7. The maximum Gasteiger partial charge on any atom is 0.272 e. The van der Waals surface area contributed by atoms with Gasteiger partial charge in [0.1, 0.15) is 18.1 Å². The van der Waals surface area contributed by atoms with Crippen LogP contribution in [0.25, 0.3) is 10.9 Å². The first-order valence-electron chi connectivity index (χ1n) is 11.7. The van der Waals surface area contributed by atoms with E-state index in [-0.39, 0.29) is 5.91 Å². The second-order valence-electron chi connectivity index (χ2n) is 9.06. The van der Waals surface area contributed by atoms with Crippen molar-refractivity contribution in [3.63, 3.8) is 0 Å². The summed E-state index contributed by atoms with van der Waals surface area (Å²) in [5.41, 5.74) is 4.51. The van der Waals surface area contributed by atoms with Crippen molar-refractivity contribution >= 4 is 28.2 Å². The quantitative estimate of drug-likeness (QED) is 0.406. The number of hydrogen-bond acceptors (Lipinski definition) is 4. The largest absolute Gasteiger partial charge is 0.489 e. The van der Waals surface area contributed by atoms with Gasteiger partial charge in [-0.25, -0.2) is 0 Å². The number of amides is 1. The van der Waals surface area contributed by atoms with Gasteiger partial charge in [0, 0.05) is 41.4 Å². The number of nitrogens with zero attached hydrogens (tertiary/aromatic N) is 2. The van der Waals surface area contributed by atoms with Gasteiger partial charge in [0.25, 0.3) is 5.91 Å². The first-order valence-corrected chi connectivity index (χ1v) is 11.7. The Morgan fingerprint density at radius 3 is 2.59 bits per heavy atom. The Morgan fingerprint density at radius 2 is 1.85 bits per heavy atom. The van der Waals surface area contributed by atoms with Gasteiger partial charge in [-0.2, -0.15) is 0 Å². The first-order chi connectivity index (χ1) is 16.5. The number of carbonyl (C=O) groups is 1. The van der Waals surface area contributed by atoms with Crippen LogP contribution in [0.4, 0.5) is 11.4 Å². The number of anilines is 2. The van der Waals surface area contributed by atoms with Crippen molar-refractivity contribution in [2.45, 2.75) is 19.1 Å². The van der Waals surface area contributed by atoms with Crippen LogP contribution in [-0.4, -0.2) is 49.0 Å². The maximum absolute atomic E-state index is 12.8. The van der Waals surface area contributed by atoms with Crippen LogP contribution >= 0.6 is 0 Å². The molecule has 1 aliphatic rings. The molecular formula is C28H30N4O2. The van der Waals surface area contributed by atoms with Crippen molar-refractivity contribution in [2.24, 2.45) is 0 Å². The zero-order chi connectivity index (χ0) is 23.5. The van der Waals surface area contributed by atoms with Crippen molar-refractivity contribution in [3.8, 4) is 5.75 Å². The van der Waals surface area contributed by atoms with E-state index in [1.54, 1.807) is 0 Å². The molecule has 1 fully saturated rings. The third-order valence-electron chi connectivity index (χ3n) is 6.47. The molecule has 1 aliphatic heterocycles. The predicted molar refractivity (Wildman–Crippen MR) is 138 cm³/mol. The lowest BCUT2D eigenvalue weighted by Gasteiger charge is -2.22. The molecule has 0 spiro atoms. The fraction of sp³-hybridized carbons (Fsp3) is 0.250. The van der Waals surface area contributed by atoms with E-state index in [1.807, 2.05) is 66.7 Å². The Kier molecular flexibility index (Phi) is 6.23. The standard InChI is InChI=1S/C28H30N4O2/c1-31(2)24-14-15-32(18-24)23-10-8-22(9-11-23)29-28(33)27-17-21-16-25(12-13-26(21)30-27)34-19-20-6-4-3-5-7-20/h3-13,16-17,24,30H,14-15,18-19H2,1-2H3,(H,29,33). The average molecular weight is 455 g/mol. The van der Waals surface area contributed by atoms with Crippen LogP contribution < -0.4 is 15.0 Å². The molecule has 0 aliphatic carbocycles. The Morgan fingerprint density at radius 1 is 1.06 bits per heavy atom. The lowest BCUT2D eigenvalue weighted by Crippen LogP contribution is -2.31. The molecule has 34 heavy (non-hydrogen) atoms. The third kappa shape index (κ3) is 4.92. The van der Waals surface area contributed by atoms with Gasteiger partial charge < -0.3 is 24.8 Å². The Labute approximate surface area is 200 Å². The van der Waals surface area contributed by atoms with Gasteiger partial charge in [-0.15, -0.1) is 0 Å². The topological polar surface area (TPSA) is 60.6 Å². The summed E-state index contributed by atoms with van der Waals surface area (Å²) in [4.78, 5) is 20.7. The zero-order valence-electron chi connectivity index (χ0n) is 19.6. The second-order valence-corrected chi connectivity index (χ2v) is 9.06. The molecule has 6 nitrogen and oxygen atoms in total. The van der Waals surface area contributed by atoms with E-state index >= 15 is 0 Å². The highest BCUT2D eigenvalue weighted by Gasteiger charge is 2.24. The van der Waals surface area contributed by atoms with Gasteiger partial charge in [-0.3, -0.25) is 4.79 Å². The van der Waals surface area contributed by atoms with E-state index < -0.39 is 0 Å². The molecule has 0 saturated carbocycles. The number of likely N-dealkylation sites (N-methyl/N-ethyl adjacent to an activating group) is 1. The summed E-state index contributed by atoms with van der Waals surface area (Å²) < 4.78 is 5.92. The second kappa shape index (κ2) is 9.61. The smallest absolute Gasteiger partial charge is 0.272 e. The highest BCUT2D eigenvalue weighted by Crippen LogP contribution is 2.25. The predicted octanol–water partition coefficient (Wildman–Crippen LogP) is 5.14. The molecular weight excluding hydrogens is 424 g/mol. The number of hydrogen-bond donors (Lipinski definition) is 2. The molecule has 174 valence electrons. The molecule has 6 heteroatoms. The minimum Gasteiger partial charge on any atom is -0.489 e. The summed E-state index contributed by atoms with van der Waals surface area (Å²) in [5, 5.41) is 3.94. The molecule has 2 heterocycles. The minimum atomic E-state index is -0.162. The number of H-pyrrole nitrogens is 1. The van der Waals surface area contributed by atoms with Gasteiger partial charge in [-0.1, -0.05) is 30.3 Å². The Bertz CT molecular complexity index is 1260. The fourth-order valence-corrected chi connectivity index (χ4v) is 4.42. The minimum absolute atomic E-state index is 0.162. The molecule has 1 unspecified atom stereocenters. The van der Waals surface area contributed by atoms with Crippen LogP contribution in [0.5, 0.6) is 5.75 Å². The SMILES string of the molecule is CN(C)C1CCN(c2ccc(NC(=O)c3cc4cc(OCc5ccccc5)ccc4[nH]3)cc2)C1. The van der Waals surface area contributed by atoms with Crippen LogP contribution in [0.15, 0.2) is 78.9 Å². The highest BCUT2D eigenvalue weighted by atomic mass is 16.5. The lowest BCUT2D eigenvalue weighted by atomic mass is 10.2. The molecule has 0 bridgehead atoms. The molecule has 1 saturated heterocycles. The number of carbonyl (C=O) groups excluding carboxylic acids is 1. The average Bonchev–Trinajstić information content (AvgIpc) is 3.51. The number of rotatable bonds is 7. The van der Waals surface area contributed by atoms with Gasteiger partial charge in [-0.05, 0) is 74.6 Å². The fourth-order valence-electron chi connectivity index (χ4n) is 4.42. The van der Waals surface area contributed by atoms with Crippen molar-refractivity contribution in [2.75, 3.05) is 37.4 Å². The summed E-state index contributed by atoms with van der Waals surface area (Å²) in [7, 11) is 4.27. The van der Waals surface area contributed by atoms with E-state index in [4.69, 9.17) is 4.74 Å². The third-order valence-corrected chi connectivity index (χ3v) is 6.47. The van der Waals surface area contributed by atoms with Gasteiger partial charge in [0.2, 0.25) is 0 Å². The van der Waals surface area contributed by atoms with E-state index in [0.29, 0.717) is 18.3 Å². The van der Waals surface area contributed by atoms with Crippen LogP contribution in [0.3, 0.4) is 0 Å². The number of aromatic amines is 1. The van der Waals surface area contributed by atoms with Crippen molar-refractivity contribution < 1.29 is 9.53 Å². The van der Waals surface area contributed by atoms with Crippen molar-refractivity contribution in [1.82, 2.24) is 9.88 Å². The lowest BCUT2D eigenvalue weighted by molar-refractivity contribution is 0.102. The molecule has 3 aromatic carbocycles. The molecule has 1 amide bonds. The molecule has 2 N–H and O–H groups in total. The number of ether oxygens (including phenoxy) is 1. The van der Waals surface area contributed by atoms with Gasteiger partial charge in [0.05, 0.1) is 0 Å². The molecule has 1 atom stereocenters. The van der Waals surface area contributed by atoms with Gasteiger partial charge >= 0.3 is 0 Å².